The van der Waals surface area contributed by atoms with Crippen LogP contribution in [0.4, 0.5) is 5.95 Å². The topological polar surface area (TPSA) is 123 Å². The van der Waals surface area contributed by atoms with Gasteiger partial charge in [-0.25, -0.2) is 4.98 Å². The number of H-pyrrole nitrogens is 1. The van der Waals surface area contributed by atoms with E-state index in [1.165, 1.54) is 18.3 Å². The normalized spacial score (nSPS) is 10.3. The number of thiazole rings is 1. The van der Waals surface area contributed by atoms with Gasteiger partial charge in [-0.1, -0.05) is 17.2 Å². The number of aromatic amines is 1. The number of benzene rings is 1. The second-order valence-electron chi connectivity index (χ2n) is 4.32. The number of nitrogens with zero attached hydrogens (tertiary/aromatic N) is 4. The van der Waals surface area contributed by atoms with Crippen molar-refractivity contribution in [3.8, 4) is 16.3 Å². The zero-order chi connectivity index (χ0) is 16.2. The fourth-order valence-corrected chi connectivity index (χ4v) is 2.60. The molecule has 0 aliphatic carbocycles. The summed E-state index contributed by atoms with van der Waals surface area (Å²) in [5, 5.41) is 17.4. The van der Waals surface area contributed by atoms with Gasteiger partial charge in [0, 0.05) is 12.3 Å². The van der Waals surface area contributed by atoms with Gasteiger partial charge >= 0.3 is 5.97 Å². The molecule has 3 rings (SSSR count). The summed E-state index contributed by atoms with van der Waals surface area (Å²) in [7, 11) is 0. The molecule has 0 unspecified atom stereocenters. The molecule has 2 heterocycles. The quantitative estimate of drug-likeness (QED) is 0.549. The molecular formula is C13H10N6O3S. The van der Waals surface area contributed by atoms with Crippen LogP contribution >= 0.6 is 11.3 Å². The number of amides is 1. The number of esters is 1. The Hall–Kier alpha value is -3.14. The molecule has 23 heavy (non-hydrogen) atoms. The minimum atomic E-state index is -0.459. The van der Waals surface area contributed by atoms with Gasteiger partial charge in [0.05, 0.1) is 5.56 Å². The van der Waals surface area contributed by atoms with Gasteiger partial charge in [0.1, 0.15) is 16.5 Å². The summed E-state index contributed by atoms with van der Waals surface area (Å²) < 4.78 is 5.15. The second kappa shape index (κ2) is 6.32. The number of para-hydroxylation sites is 1. The number of hydrogen-bond donors (Lipinski definition) is 2. The molecule has 116 valence electrons. The van der Waals surface area contributed by atoms with Gasteiger partial charge in [0.25, 0.3) is 11.9 Å². The molecular weight excluding hydrogens is 320 g/mol. The van der Waals surface area contributed by atoms with Gasteiger partial charge < -0.3 is 4.74 Å². The Kier molecular flexibility index (Phi) is 4.06. The van der Waals surface area contributed by atoms with Gasteiger partial charge in [-0.15, -0.1) is 16.4 Å². The average molecular weight is 330 g/mol. The predicted molar refractivity (Wildman–Crippen MR) is 81.0 cm³/mol. The van der Waals surface area contributed by atoms with Crippen LogP contribution in [0.5, 0.6) is 5.75 Å². The summed E-state index contributed by atoms with van der Waals surface area (Å²) in [6, 6.07) is 6.97. The number of anilines is 1. The summed E-state index contributed by atoms with van der Waals surface area (Å²) in [5.41, 5.74) is 0.832. The van der Waals surface area contributed by atoms with E-state index in [2.05, 4.69) is 30.9 Å². The van der Waals surface area contributed by atoms with Crippen LogP contribution in [0.25, 0.3) is 10.6 Å². The molecule has 0 radical (unpaired) electrons. The van der Waals surface area contributed by atoms with Crippen LogP contribution in [0.2, 0.25) is 0 Å². The molecule has 9 nitrogen and oxygen atoms in total. The number of hydrogen-bond acceptors (Lipinski definition) is 8. The number of nitrogens with one attached hydrogen (secondary N) is 2. The van der Waals surface area contributed by atoms with Crippen LogP contribution in [0.15, 0.2) is 29.6 Å². The van der Waals surface area contributed by atoms with Gasteiger partial charge in [-0.2, -0.15) is 5.21 Å². The van der Waals surface area contributed by atoms with Crippen LogP contribution in [0.3, 0.4) is 0 Å². The van der Waals surface area contributed by atoms with Crippen LogP contribution in [0, 0.1) is 0 Å². The summed E-state index contributed by atoms with van der Waals surface area (Å²) >= 11 is 1.26. The third-order valence-corrected chi connectivity index (χ3v) is 3.55. The highest BCUT2D eigenvalue weighted by atomic mass is 32.1. The van der Waals surface area contributed by atoms with Crippen molar-refractivity contribution in [2.75, 3.05) is 5.32 Å². The molecule has 0 bridgehead atoms. The zero-order valence-corrected chi connectivity index (χ0v) is 12.6. The van der Waals surface area contributed by atoms with E-state index in [1.54, 1.807) is 29.6 Å². The van der Waals surface area contributed by atoms with Crippen molar-refractivity contribution in [1.29, 1.82) is 0 Å². The zero-order valence-electron chi connectivity index (χ0n) is 11.8. The standard InChI is InChI=1S/C13H10N6O3S/c1-7(20)22-10-5-3-2-4-8(10)12-14-9(6-23-12)11(21)15-13-16-18-19-17-13/h2-6H,1H3,(H2,15,16,17,18,19,21). The van der Waals surface area contributed by atoms with Crippen molar-refractivity contribution in [2.45, 2.75) is 6.92 Å². The number of ether oxygens (including phenoxy) is 1. The van der Waals surface area contributed by atoms with Crippen molar-refractivity contribution in [2.24, 2.45) is 0 Å². The highest BCUT2D eigenvalue weighted by Gasteiger charge is 2.16. The molecule has 1 amide bonds. The maximum absolute atomic E-state index is 12.0. The van der Waals surface area contributed by atoms with Gasteiger partial charge in [0.2, 0.25) is 0 Å². The Morgan fingerprint density at radius 3 is 2.87 bits per heavy atom. The number of carbonyl (C=O) groups excluding carboxylic acids is 2. The molecule has 0 aliphatic rings. The van der Waals surface area contributed by atoms with Crippen LogP contribution < -0.4 is 10.1 Å². The molecule has 2 N–H and O–H groups in total. The van der Waals surface area contributed by atoms with Crippen molar-refractivity contribution in [3.63, 3.8) is 0 Å². The van der Waals surface area contributed by atoms with E-state index in [9.17, 15) is 9.59 Å². The molecule has 3 aromatic rings. The first-order valence-electron chi connectivity index (χ1n) is 6.41. The fraction of sp³-hybridized carbons (Fsp3) is 0.0769. The number of carbonyl (C=O) groups is 2. The molecule has 10 heteroatoms. The van der Waals surface area contributed by atoms with E-state index in [0.29, 0.717) is 16.3 Å². The van der Waals surface area contributed by atoms with E-state index in [0.717, 1.165) is 0 Å². The summed E-state index contributed by atoms with van der Waals surface area (Å²) in [4.78, 5) is 27.5. The first-order valence-corrected chi connectivity index (χ1v) is 7.29. The Balaban J connectivity index is 1.84. The maximum atomic E-state index is 12.0. The third-order valence-electron chi connectivity index (χ3n) is 2.68. The Labute approximate surface area is 133 Å². The monoisotopic (exact) mass is 330 g/mol. The molecule has 0 atom stereocenters. The highest BCUT2D eigenvalue weighted by molar-refractivity contribution is 7.13. The molecule has 0 fully saturated rings. The van der Waals surface area contributed by atoms with Crippen molar-refractivity contribution >= 4 is 29.2 Å². The Bertz CT molecular complexity index is 845. The SMILES string of the molecule is CC(=O)Oc1ccccc1-c1nc(C(=O)Nc2nn[nH]n2)cs1. The summed E-state index contributed by atoms with van der Waals surface area (Å²) in [6.07, 6.45) is 0. The lowest BCUT2D eigenvalue weighted by Gasteiger charge is -2.05. The summed E-state index contributed by atoms with van der Waals surface area (Å²) in [5.74, 6) is -0.438. The maximum Gasteiger partial charge on any atom is 0.308 e. The second-order valence-corrected chi connectivity index (χ2v) is 5.18. The average Bonchev–Trinajstić information content (AvgIpc) is 3.18. The van der Waals surface area contributed by atoms with E-state index in [1.807, 2.05) is 0 Å². The van der Waals surface area contributed by atoms with Crippen LogP contribution in [0.1, 0.15) is 17.4 Å². The van der Waals surface area contributed by atoms with E-state index >= 15 is 0 Å². The lowest BCUT2D eigenvalue weighted by Crippen LogP contribution is -2.13. The smallest absolute Gasteiger partial charge is 0.308 e. The summed E-state index contributed by atoms with van der Waals surface area (Å²) in [6.45, 7) is 1.32. The number of tetrazole rings is 1. The minimum Gasteiger partial charge on any atom is -0.426 e. The molecule has 0 spiro atoms. The van der Waals surface area contributed by atoms with Crippen LogP contribution in [-0.4, -0.2) is 37.5 Å². The molecule has 0 aliphatic heterocycles. The molecule has 2 aromatic heterocycles. The largest absolute Gasteiger partial charge is 0.426 e. The Morgan fingerprint density at radius 2 is 2.13 bits per heavy atom. The van der Waals surface area contributed by atoms with E-state index in [4.69, 9.17) is 4.74 Å². The van der Waals surface area contributed by atoms with Crippen molar-refractivity contribution < 1.29 is 14.3 Å². The predicted octanol–water partition coefficient (Wildman–Crippen LogP) is 1.50. The van der Waals surface area contributed by atoms with E-state index in [-0.39, 0.29) is 11.6 Å². The first-order chi connectivity index (χ1) is 11.1. The van der Waals surface area contributed by atoms with Crippen molar-refractivity contribution in [1.82, 2.24) is 25.6 Å². The molecule has 0 saturated carbocycles. The molecule has 0 saturated heterocycles. The van der Waals surface area contributed by atoms with Gasteiger partial charge in [-0.3, -0.25) is 14.9 Å². The fourth-order valence-electron chi connectivity index (χ4n) is 1.77. The third kappa shape index (κ3) is 3.37. The Morgan fingerprint density at radius 1 is 1.30 bits per heavy atom. The lowest BCUT2D eigenvalue weighted by atomic mass is 10.2. The van der Waals surface area contributed by atoms with Crippen molar-refractivity contribution in [3.05, 3.63) is 35.3 Å². The van der Waals surface area contributed by atoms with Gasteiger partial charge in [-0.05, 0) is 17.3 Å². The number of rotatable bonds is 4. The van der Waals surface area contributed by atoms with E-state index < -0.39 is 11.9 Å². The highest BCUT2D eigenvalue weighted by Crippen LogP contribution is 2.32. The molecule has 1 aromatic carbocycles. The first kappa shape index (κ1) is 14.8. The number of aromatic nitrogens is 5. The van der Waals surface area contributed by atoms with Gasteiger partial charge in [0.15, 0.2) is 0 Å². The minimum absolute atomic E-state index is 0.0601. The lowest BCUT2D eigenvalue weighted by molar-refractivity contribution is -0.131. The van der Waals surface area contributed by atoms with Crippen LogP contribution in [-0.2, 0) is 4.79 Å².